The molecule has 0 spiro atoms. The van der Waals surface area contributed by atoms with Gasteiger partial charge < -0.3 is 5.11 Å². The molecule has 0 saturated heterocycles. The summed E-state index contributed by atoms with van der Waals surface area (Å²) in [6, 6.07) is 13.5. The number of rotatable bonds is 1. The zero-order chi connectivity index (χ0) is 12.5. The molecule has 18 heavy (non-hydrogen) atoms. The van der Waals surface area contributed by atoms with Crippen LogP contribution in [0.2, 0.25) is 0 Å². The van der Waals surface area contributed by atoms with E-state index < -0.39 is 5.82 Å². The first-order valence-corrected chi connectivity index (χ1v) is 5.58. The van der Waals surface area contributed by atoms with Crippen molar-refractivity contribution in [2.75, 3.05) is 0 Å². The molecule has 0 amide bonds. The molecule has 0 bridgehead atoms. The molecule has 0 aliphatic heterocycles. The van der Waals surface area contributed by atoms with Gasteiger partial charge >= 0.3 is 0 Å². The van der Waals surface area contributed by atoms with Gasteiger partial charge in [0.25, 0.3) is 0 Å². The highest BCUT2D eigenvalue weighted by atomic mass is 19.1. The van der Waals surface area contributed by atoms with E-state index in [1.165, 1.54) is 18.2 Å². The summed E-state index contributed by atoms with van der Waals surface area (Å²) in [5.41, 5.74) is 0.964. The van der Waals surface area contributed by atoms with Crippen molar-refractivity contribution < 1.29 is 9.50 Å². The van der Waals surface area contributed by atoms with Crippen molar-refractivity contribution in [3.63, 3.8) is 0 Å². The van der Waals surface area contributed by atoms with Crippen LogP contribution in [-0.2, 0) is 0 Å². The summed E-state index contributed by atoms with van der Waals surface area (Å²) in [6.45, 7) is 0. The van der Waals surface area contributed by atoms with Crippen LogP contribution in [0.5, 0.6) is 5.75 Å². The molecule has 0 aliphatic carbocycles. The molecule has 0 fully saturated rings. The molecule has 0 aliphatic rings. The van der Waals surface area contributed by atoms with Crippen molar-refractivity contribution >= 4 is 10.8 Å². The molecule has 0 unspecified atom stereocenters. The van der Waals surface area contributed by atoms with E-state index in [-0.39, 0.29) is 5.75 Å². The standard InChI is InChI=1S/C15H10FNO/c16-12-5-6-15(18)13(8-12)14-7-10-3-1-2-4-11(10)9-17-14/h1-9,18H. The first-order chi connectivity index (χ1) is 8.74. The molecule has 1 heterocycles. The van der Waals surface area contributed by atoms with Crippen LogP contribution in [0.3, 0.4) is 0 Å². The van der Waals surface area contributed by atoms with E-state index >= 15 is 0 Å². The van der Waals surface area contributed by atoms with Crippen LogP contribution < -0.4 is 0 Å². The van der Waals surface area contributed by atoms with Crippen LogP contribution in [0.15, 0.2) is 54.7 Å². The van der Waals surface area contributed by atoms with Gasteiger partial charge in [0, 0.05) is 17.1 Å². The summed E-state index contributed by atoms with van der Waals surface area (Å²) in [6.07, 6.45) is 1.72. The lowest BCUT2D eigenvalue weighted by Gasteiger charge is -2.05. The summed E-state index contributed by atoms with van der Waals surface area (Å²) in [7, 11) is 0. The minimum absolute atomic E-state index is 0.0270. The third-order valence-corrected chi connectivity index (χ3v) is 2.87. The highest BCUT2D eigenvalue weighted by Crippen LogP contribution is 2.29. The van der Waals surface area contributed by atoms with E-state index in [2.05, 4.69) is 4.98 Å². The smallest absolute Gasteiger partial charge is 0.125 e. The summed E-state index contributed by atoms with van der Waals surface area (Å²) in [4.78, 5) is 4.25. The first-order valence-electron chi connectivity index (χ1n) is 5.58. The number of benzene rings is 2. The number of fused-ring (bicyclic) bond motifs is 1. The van der Waals surface area contributed by atoms with Crippen molar-refractivity contribution in [1.29, 1.82) is 0 Å². The lowest BCUT2D eigenvalue weighted by molar-refractivity contribution is 0.475. The molecule has 88 valence electrons. The number of halogens is 1. The van der Waals surface area contributed by atoms with Gasteiger partial charge in [0.1, 0.15) is 11.6 Å². The lowest BCUT2D eigenvalue weighted by Crippen LogP contribution is -1.86. The number of nitrogens with zero attached hydrogens (tertiary/aromatic N) is 1. The second kappa shape index (κ2) is 4.11. The Balaban J connectivity index is 2.22. The van der Waals surface area contributed by atoms with E-state index in [9.17, 15) is 9.50 Å². The topological polar surface area (TPSA) is 33.1 Å². The average molecular weight is 239 g/mol. The van der Waals surface area contributed by atoms with E-state index in [1.807, 2.05) is 30.3 Å². The fourth-order valence-electron chi connectivity index (χ4n) is 1.94. The SMILES string of the molecule is Oc1ccc(F)cc1-c1cc2ccccc2cn1. The third-order valence-electron chi connectivity index (χ3n) is 2.87. The molecule has 3 rings (SSSR count). The second-order valence-electron chi connectivity index (χ2n) is 4.08. The van der Waals surface area contributed by atoms with E-state index in [4.69, 9.17) is 0 Å². The maximum absolute atomic E-state index is 13.2. The van der Waals surface area contributed by atoms with Crippen LogP contribution in [-0.4, -0.2) is 10.1 Å². The van der Waals surface area contributed by atoms with Gasteiger partial charge in [-0.1, -0.05) is 24.3 Å². The number of pyridine rings is 1. The predicted octanol–water partition coefficient (Wildman–Crippen LogP) is 3.75. The van der Waals surface area contributed by atoms with Crippen molar-refractivity contribution in [3.05, 3.63) is 60.5 Å². The number of hydrogen-bond donors (Lipinski definition) is 1. The highest BCUT2D eigenvalue weighted by molar-refractivity contribution is 5.85. The van der Waals surface area contributed by atoms with Gasteiger partial charge in [-0.3, -0.25) is 4.98 Å². The zero-order valence-electron chi connectivity index (χ0n) is 9.47. The molecule has 2 aromatic carbocycles. The fourth-order valence-corrected chi connectivity index (χ4v) is 1.94. The Labute approximate surface area is 103 Å². The Morgan fingerprint density at radius 1 is 0.944 bits per heavy atom. The van der Waals surface area contributed by atoms with Crippen LogP contribution in [0.4, 0.5) is 4.39 Å². The summed E-state index contributed by atoms with van der Waals surface area (Å²) in [5, 5.41) is 11.8. The average Bonchev–Trinajstić information content (AvgIpc) is 2.41. The van der Waals surface area contributed by atoms with Crippen molar-refractivity contribution in [2.45, 2.75) is 0 Å². The Morgan fingerprint density at radius 2 is 1.72 bits per heavy atom. The van der Waals surface area contributed by atoms with Crippen LogP contribution in [0.25, 0.3) is 22.0 Å². The van der Waals surface area contributed by atoms with Gasteiger partial charge in [0.15, 0.2) is 0 Å². The fraction of sp³-hybridized carbons (Fsp3) is 0. The Kier molecular flexibility index (Phi) is 2.45. The number of aromatic nitrogens is 1. The molecule has 2 nitrogen and oxygen atoms in total. The Morgan fingerprint density at radius 3 is 2.56 bits per heavy atom. The summed E-state index contributed by atoms with van der Waals surface area (Å²) >= 11 is 0. The number of aromatic hydroxyl groups is 1. The minimum Gasteiger partial charge on any atom is -0.507 e. The van der Waals surface area contributed by atoms with Gasteiger partial charge in [-0.25, -0.2) is 4.39 Å². The van der Waals surface area contributed by atoms with Crippen LogP contribution in [0.1, 0.15) is 0 Å². The monoisotopic (exact) mass is 239 g/mol. The molecule has 0 saturated carbocycles. The molecular formula is C15H10FNO. The van der Waals surface area contributed by atoms with E-state index in [0.717, 1.165) is 10.8 Å². The van der Waals surface area contributed by atoms with Crippen molar-refractivity contribution in [1.82, 2.24) is 4.98 Å². The minimum atomic E-state index is -0.391. The molecule has 1 aromatic heterocycles. The van der Waals surface area contributed by atoms with Gasteiger partial charge in [-0.05, 0) is 29.7 Å². The Bertz CT molecular complexity index is 725. The van der Waals surface area contributed by atoms with Crippen molar-refractivity contribution in [2.24, 2.45) is 0 Å². The van der Waals surface area contributed by atoms with Gasteiger partial charge in [-0.2, -0.15) is 0 Å². The lowest BCUT2D eigenvalue weighted by atomic mass is 10.1. The number of phenolic OH excluding ortho intramolecular Hbond substituents is 1. The van der Waals surface area contributed by atoms with Gasteiger partial charge in [-0.15, -0.1) is 0 Å². The predicted molar refractivity (Wildman–Crippen MR) is 68.8 cm³/mol. The maximum atomic E-state index is 13.2. The van der Waals surface area contributed by atoms with Gasteiger partial charge in [0.05, 0.1) is 5.69 Å². The third kappa shape index (κ3) is 1.80. The van der Waals surface area contributed by atoms with Crippen molar-refractivity contribution in [3.8, 4) is 17.0 Å². The first kappa shape index (κ1) is 10.7. The molecule has 3 aromatic rings. The van der Waals surface area contributed by atoms with E-state index in [0.29, 0.717) is 11.3 Å². The molecule has 3 heteroatoms. The Hall–Kier alpha value is -2.42. The van der Waals surface area contributed by atoms with Gasteiger partial charge in [0.2, 0.25) is 0 Å². The largest absolute Gasteiger partial charge is 0.507 e. The molecule has 0 atom stereocenters. The van der Waals surface area contributed by atoms with Crippen LogP contribution in [0, 0.1) is 5.82 Å². The van der Waals surface area contributed by atoms with Crippen LogP contribution >= 0.6 is 0 Å². The zero-order valence-corrected chi connectivity index (χ0v) is 9.47. The molecule has 0 radical (unpaired) electrons. The number of phenols is 1. The molecular weight excluding hydrogens is 229 g/mol. The normalized spacial score (nSPS) is 10.7. The summed E-state index contributed by atoms with van der Waals surface area (Å²) < 4.78 is 13.2. The maximum Gasteiger partial charge on any atom is 0.125 e. The summed E-state index contributed by atoms with van der Waals surface area (Å²) in [5.74, 6) is -0.364. The number of hydrogen-bond acceptors (Lipinski definition) is 2. The van der Waals surface area contributed by atoms with E-state index in [1.54, 1.807) is 6.20 Å². The quantitative estimate of drug-likeness (QED) is 0.701. The molecule has 1 N–H and O–H groups in total. The highest BCUT2D eigenvalue weighted by Gasteiger charge is 2.07. The second-order valence-corrected chi connectivity index (χ2v) is 4.08.